The Kier molecular flexibility index (Phi) is 4.14. The lowest BCUT2D eigenvalue weighted by Crippen LogP contribution is -2.12. The van der Waals surface area contributed by atoms with Crippen molar-refractivity contribution in [1.29, 1.82) is 0 Å². The molecule has 0 amide bonds. The van der Waals surface area contributed by atoms with Crippen molar-refractivity contribution in [3.63, 3.8) is 0 Å². The maximum Gasteiger partial charge on any atom is 0.145 e. The molecule has 1 N–H and O–H groups in total. The zero-order valence-corrected chi connectivity index (χ0v) is 11.5. The summed E-state index contributed by atoms with van der Waals surface area (Å²) in [6.45, 7) is 0.839. The molecule has 0 aliphatic rings. The molecule has 2 nitrogen and oxygen atoms in total. The van der Waals surface area contributed by atoms with Crippen LogP contribution < -0.4 is 5.32 Å². The molecule has 0 unspecified atom stereocenters. The van der Waals surface area contributed by atoms with Crippen LogP contribution in [0.4, 0.5) is 8.78 Å². The fourth-order valence-electron chi connectivity index (χ4n) is 1.83. The Morgan fingerprint density at radius 3 is 2.78 bits per heavy atom. The van der Waals surface area contributed by atoms with Gasteiger partial charge in [-0.3, -0.25) is 0 Å². The molecule has 96 valence electrons. The Bertz CT molecular complexity index is 552. The van der Waals surface area contributed by atoms with Crippen LogP contribution in [0.3, 0.4) is 0 Å². The van der Waals surface area contributed by atoms with Gasteiger partial charge in [0.15, 0.2) is 0 Å². The second kappa shape index (κ2) is 5.63. The Morgan fingerprint density at radius 1 is 1.28 bits per heavy atom. The third-order valence-corrected chi connectivity index (χ3v) is 3.36. The summed E-state index contributed by atoms with van der Waals surface area (Å²) in [5.74, 6) is -1.07. The van der Waals surface area contributed by atoms with E-state index in [0.717, 1.165) is 5.69 Å². The van der Waals surface area contributed by atoms with Crippen LogP contribution in [0.1, 0.15) is 11.3 Å². The molecular formula is C13H13BrF2N2. The second-order valence-corrected chi connectivity index (χ2v) is 4.83. The summed E-state index contributed by atoms with van der Waals surface area (Å²) >= 11 is 3.07. The third-order valence-electron chi connectivity index (χ3n) is 2.75. The van der Waals surface area contributed by atoms with Crippen LogP contribution in [0.2, 0.25) is 0 Å². The Balaban J connectivity index is 2.34. The van der Waals surface area contributed by atoms with E-state index in [1.165, 1.54) is 12.1 Å². The molecule has 5 heteroatoms. The number of nitrogens with zero attached hydrogens (tertiary/aromatic N) is 1. The fourth-order valence-corrected chi connectivity index (χ4v) is 2.20. The summed E-state index contributed by atoms with van der Waals surface area (Å²) in [5, 5.41) is 3.02. The Morgan fingerprint density at radius 2 is 2.06 bits per heavy atom. The number of halogens is 3. The SMILES string of the molecule is CNCc1cccn1Cc1c(F)ccc(Br)c1F. The summed E-state index contributed by atoms with van der Waals surface area (Å²) in [5.41, 5.74) is 1.05. The van der Waals surface area contributed by atoms with Gasteiger partial charge in [0.1, 0.15) is 11.6 Å². The van der Waals surface area contributed by atoms with Gasteiger partial charge in [0, 0.05) is 24.0 Å². The van der Waals surface area contributed by atoms with Crippen LogP contribution in [-0.4, -0.2) is 11.6 Å². The van der Waals surface area contributed by atoms with Crippen molar-refractivity contribution in [3.8, 4) is 0 Å². The van der Waals surface area contributed by atoms with Crippen molar-refractivity contribution >= 4 is 15.9 Å². The molecule has 0 aliphatic heterocycles. The van der Waals surface area contributed by atoms with E-state index in [0.29, 0.717) is 6.54 Å². The maximum absolute atomic E-state index is 13.9. The lowest BCUT2D eigenvalue weighted by atomic mass is 10.2. The first-order valence-electron chi connectivity index (χ1n) is 5.54. The maximum atomic E-state index is 13.9. The highest BCUT2D eigenvalue weighted by Crippen LogP contribution is 2.22. The summed E-state index contributed by atoms with van der Waals surface area (Å²) in [4.78, 5) is 0. The van der Waals surface area contributed by atoms with Crippen molar-refractivity contribution < 1.29 is 8.78 Å². The van der Waals surface area contributed by atoms with Crippen molar-refractivity contribution in [1.82, 2.24) is 9.88 Å². The zero-order chi connectivity index (χ0) is 13.1. The van der Waals surface area contributed by atoms with Gasteiger partial charge in [0.25, 0.3) is 0 Å². The highest BCUT2D eigenvalue weighted by molar-refractivity contribution is 9.10. The molecule has 2 aromatic rings. The van der Waals surface area contributed by atoms with Crippen LogP contribution in [0.5, 0.6) is 0 Å². The first kappa shape index (κ1) is 13.2. The molecule has 0 saturated carbocycles. The minimum atomic E-state index is -0.542. The van der Waals surface area contributed by atoms with Crippen molar-refractivity contribution in [2.45, 2.75) is 13.1 Å². The van der Waals surface area contributed by atoms with Gasteiger partial charge in [-0.25, -0.2) is 8.78 Å². The van der Waals surface area contributed by atoms with Gasteiger partial charge in [0.05, 0.1) is 11.0 Å². The molecule has 1 aromatic heterocycles. The average molecular weight is 315 g/mol. The molecule has 1 aromatic carbocycles. The van der Waals surface area contributed by atoms with Gasteiger partial charge in [-0.1, -0.05) is 0 Å². The quantitative estimate of drug-likeness (QED) is 0.857. The molecule has 0 aliphatic carbocycles. The number of aromatic nitrogens is 1. The van der Waals surface area contributed by atoms with E-state index in [2.05, 4.69) is 21.2 Å². The molecular weight excluding hydrogens is 302 g/mol. The number of nitrogens with one attached hydrogen (secondary N) is 1. The molecule has 0 bridgehead atoms. The van der Waals surface area contributed by atoms with Gasteiger partial charge >= 0.3 is 0 Å². The molecule has 0 saturated heterocycles. The smallest absolute Gasteiger partial charge is 0.145 e. The Hall–Kier alpha value is -1.20. The van der Waals surface area contributed by atoms with Crippen LogP contribution in [0.25, 0.3) is 0 Å². The monoisotopic (exact) mass is 314 g/mol. The summed E-state index contributed by atoms with van der Waals surface area (Å²) in [6, 6.07) is 6.42. The predicted molar refractivity (Wildman–Crippen MR) is 70.4 cm³/mol. The molecule has 0 atom stereocenters. The minimum Gasteiger partial charge on any atom is -0.346 e. The van der Waals surface area contributed by atoms with E-state index >= 15 is 0 Å². The van der Waals surface area contributed by atoms with Gasteiger partial charge in [-0.15, -0.1) is 0 Å². The van der Waals surface area contributed by atoms with E-state index in [1.54, 1.807) is 0 Å². The highest BCUT2D eigenvalue weighted by atomic mass is 79.9. The van der Waals surface area contributed by atoms with Crippen molar-refractivity contribution in [2.24, 2.45) is 0 Å². The molecule has 2 rings (SSSR count). The molecule has 18 heavy (non-hydrogen) atoms. The molecule has 1 heterocycles. The fraction of sp³-hybridized carbons (Fsp3) is 0.231. The summed E-state index contributed by atoms with van der Waals surface area (Å²) < 4.78 is 29.6. The zero-order valence-electron chi connectivity index (χ0n) is 9.88. The van der Waals surface area contributed by atoms with E-state index in [4.69, 9.17) is 0 Å². The molecule has 0 spiro atoms. The normalized spacial score (nSPS) is 10.9. The van der Waals surface area contributed by atoms with Crippen LogP contribution in [-0.2, 0) is 13.1 Å². The number of benzene rings is 1. The van der Waals surface area contributed by atoms with Crippen LogP contribution in [0, 0.1) is 11.6 Å². The number of hydrogen-bond acceptors (Lipinski definition) is 1. The van der Waals surface area contributed by atoms with Crippen LogP contribution >= 0.6 is 15.9 Å². The Labute approximate surface area is 113 Å². The molecule has 0 fully saturated rings. The van der Waals surface area contributed by atoms with E-state index in [-0.39, 0.29) is 16.6 Å². The van der Waals surface area contributed by atoms with Gasteiger partial charge in [-0.2, -0.15) is 0 Å². The second-order valence-electron chi connectivity index (χ2n) is 3.98. The predicted octanol–water partition coefficient (Wildman–Crippen LogP) is 3.30. The average Bonchev–Trinajstić information content (AvgIpc) is 2.78. The van der Waals surface area contributed by atoms with E-state index in [1.807, 2.05) is 29.9 Å². The third kappa shape index (κ3) is 2.62. The topological polar surface area (TPSA) is 17.0 Å². The van der Waals surface area contributed by atoms with Crippen molar-refractivity contribution in [2.75, 3.05) is 7.05 Å². The first-order valence-corrected chi connectivity index (χ1v) is 6.33. The highest BCUT2D eigenvalue weighted by Gasteiger charge is 2.13. The molecule has 0 radical (unpaired) electrons. The lowest BCUT2D eigenvalue weighted by molar-refractivity contribution is 0.536. The minimum absolute atomic E-state index is 0.0675. The van der Waals surface area contributed by atoms with E-state index in [9.17, 15) is 8.78 Å². The first-order chi connectivity index (χ1) is 8.63. The van der Waals surface area contributed by atoms with Crippen molar-refractivity contribution in [3.05, 3.63) is 57.8 Å². The standard InChI is InChI=1S/C13H13BrF2N2/c1-17-7-9-3-2-6-18(9)8-10-12(15)5-4-11(14)13(10)16/h2-6,17H,7-8H2,1H3. The largest absolute Gasteiger partial charge is 0.346 e. The van der Waals surface area contributed by atoms with E-state index < -0.39 is 11.6 Å². The number of hydrogen-bond donors (Lipinski definition) is 1. The van der Waals surface area contributed by atoms with Gasteiger partial charge in [0.2, 0.25) is 0 Å². The van der Waals surface area contributed by atoms with Gasteiger partial charge in [-0.05, 0) is 47.2 Å². The van der Waals surface area contributed by atoms with Crippen LogP contribution in [0.15, 0.2) is 34.9 Å². The summed E-state index contributed by atoms with van der Waals surface area (Å²) in [6.07, 6.45) is 1.81. The lowest BCUT2D eigenvalue weighted by Gasteiger charge is -2.11. The number of rotatable bonds is 4. The van der Waals surface area contributed by atoms with Gasteiger partial charge < -0.3 is 9.88 Å². The summed E-state index contributed by atoms with van der Waals surface area (Å²) in [7, 11) is 1.83.